The molecule has 0 radical (unpaired) electrons. The normalized spacial score (nSPS) is 17.4. The van der Waals surface area contributed by atoms with Crippen molar-refractivity contribution in [1.82, 2.24) is 0 Å². The summed E-state index contributed by atoms with van der Waals surface area (Å²) in [6, 6.07) is 12.4. The van der Waals surface area contributed by atoms with Crippen molar-refractivity contribution in [1.29, 1.82) is 0 Å². The van der Waals surface area contributed by atoms with Gasteiger partial charge in [-0.25, -0.2) is 20.0 Å². The van der Waals surface area contributed by atoms with Crippen LogP contribution >= 0.6 is 63.7 Å². The molecule has 0 N–H and O–H groups in total. The third kappa shape index (κ3) is 8.52. The number of nitrogens with zero attached hydrogens (tertiary/aromatic N) is 4. The Balaban J connectivity index is 1.47. The summed E-state index contributed by atoms with van der Waals surface area (Å²) in [6.07, 6.45) is 31.0. The van der Waals surface area contributed by atoms with Gasteiger partial charge in [0.2, 0.25) is 0 Å². The molecule has 5 aliphatic heterocycles. The van der Waals surface area contributed by atoms with Gasteiger partial charge in [0.25, 0.3) is 0 Å². The van der Waals surface area contributed by atoms with Crippen LogP contribution in [-0.4, -0.2) is 22.8 Å². The van der Waals surface area contributed by atoms with Crippen LogP contribution in [0.3, 0.4) is 0 Å². The van der Waals surface area contributed by atoms with Gasteiger partial charge < -0.3 is 0 Å². The number of benzene rings is 2. The number of hydrogen-bond donors (Lipinski definition) is 0. The summed E-state index contributed by atoms with van der Waals surface area (Å²) < 4.78 is 3.95. The van der Waals surface area contributed by atoms with Gasteiger partial charge in [0.05, 0.1) is 45.6 Å². The minimum Gasteiger partial charge on any atom is -0.248 e. The van der Waals surface area contributed by atoms with Gasteiger partial charge in [0.15, 0.2) is 0 Å². The second kappa shape index (κ2) is 18.3. The largest absolute Gasteiger partial charge is 0.248 e. The zero-order valence-corrected chi connectivity index (χ0v) is 37.2. The van der Waals surface area contributed by atoms with E-state index in [0.717, 1.165) is 123 Å². The molecule has 0 aliphatic carbocycles. The lowest BCUT2D eigenvalue weighted by Gasteiger charge is -2.15. The average molecular weight is 973 g/mol. The van der Waals surface area contributed by atoms with E-state index in [4.69, 9.17) is 20.0 Å². The number of hydrogen-bond acceptors (Lipinski definition) is 4. The first-order valence-electron chi connectivity index (χ1n) is 19.3. The summed E-state index contributed by atoms with van der Waals surface area (Å²) in [7, 11) is 0. The molecule has 0 saturated heterocycles. The van der Waals surface area contributed by atoms with Gasteiger partial charge in [0, 0.05) is 51.3 Å². The molecular weight excluding hydrogens is 928 g/mol. The number of fused-ring (bicyclic) bond motifs is 4. The molecule has 0 amide bonds. The Morgan fingerprint density at radius 3 is 1.11 bits per heavy atom. The molecule has 8 bridgehead atoms. The van der Waals surface area contributed by atoms with Crippen molar-refractivity contribution in [3.05, 3.63) is 148 Å². The van der Waals surface area contributed by atoms with Gasteiger partial charge in [-0.2, -0.15) is 0 Å². The molecule has 0 unspecified atom stereocenters. The van der Waals surface area contributed by atoms with E-state index in [2.05, 4.69) is 150 Å². The quantitative estimate of drug-likeness (QED) is 0.169. The van der Waals surface area contributed by atoms with Crippen molar-refractivity contribution < 1.29 is 0 Å². The maximum atomic E-state index is 5.42. The minimum atomic E-state index is 0.892. The fraction of sp³-hybridized carbons (Fsp3) is 0.304. The molecule has 8 heteroatoms. The van der Waals surface area contributed by atoms with Crippen LogP contribution in [0.2, 0.25) is 0 Å². The Hall–Kier alpha value is -3.04. The Kier molecular flexibility index (Phi) is 13.3. The Bertz CT molecular complexity index is 2030. The minimum absolute atomic E-state index is 0.892. The van der Waals surface area contributed by atoms with Gasteiger partial charge >= 0.3 is 0 Å². The van der Waals surface area contributed by atoms with Gasteiger partial charge in [-0.3, -0.25) is 0 Å². The Morgan fingerprint density at radius 2 is 0.722 bits per heavy atom. The van der Waals surface area contributed by atoms with Crippen LogP contribution in [-0.2, 0) is 0 Å². The number of rotatable bonds is 14. The fourth-order valence-corrected chi connectivity index (χ4v) is 10.3. The highest BCUT2D eigenvalue weighted by molar-refractivity contribution is 9.11. The van der Waals surface area contributed by atoms with Crippen molar-refractivity contribution in [2.24, 2.45) is 20.0 Å². The van der Waals surface area contributed by atoms with Crippen molar-refractivity contribution in [3.63, 3.8) is 0 Å². The second-order valence-corrected chi connectivity index (χ2v) is 17.5. The van der Waals surface area contributed by atoms with Crippen molar-refractivity contribution >= 4 is 97.7 Å². The Morgan fingerprint density at radius 1 is 0.389 bits per heavy atom. The maximum Gasteiger partial charge on any atom is 0.0738 e. The smallest absolute Gasteiger partial charge is 0.0738 e. The first-order chi connectivity index (χ1) is 26.4. The highest BCUT2D eigenvalue weighted by Crippen LogP contribution is 2.42. The molecule has 0 spiro atoms. The first-order valence-corrected chi connectivity index (χ1v) is 22.5. The maximum absolute atomic E-state index is 5.42. The highest BCUT2D eigenvalue weighted by atomic mass is 79.9. The van der Waals surface area contributed by atoms with Crippen molar-refractivity contribution in [3.8, 4) is 0 Å². The first kappa shape index (κ1) is 39.2. The summed E-state index contributed by atoms with van der Waals surface area (Å²) in [6.45, 7) is 4.53. The van der Waals surface area contributed by atoms with Crippen LogP contribution < -0.4 is 0 Å². The van der Waals surface area contributed by atoms with E-state index < -0.39 is 0 Å². The summed E-state index contributed by atoms with van der Waals surface area (Å²) in [5, 5.41) is 0. The lowest BCUT2D eigenvalue weighted by Crippen LogP contribution is -2.05. The average Bonchev–Trinajstić information content (AvgIpc) is 4.00. The van der Waals surface area contributed by atoms with E-state index in [9.17, 15) is 0 Å². The van der Waals surface area contributed by atoms with Crippen LogP contribution in [0.25, 0.3) is 11.1 Å². The van der Waals surface area contributed by atoms with Gasteiger partial charge in [0.1, 0.15) is 0 Å². The molecule has 5 aliphatic rings. The molecule has 276 valence electrons. The molecule has 7 rings (SSSR count). The molecule has 4 nitrogen and oxygen atoms in total. The summed E-state index contributed by atoms with van der Waals surface area (Å²) >= 11 is 15.6. The van der Waals surface area contributed by atoms with Gasteiger partial charge in [-0.05, 0) is 98.6 Å². The summed E-state index contributed by atoms with van der Waals surface area (Å²) in [5.41, 5.74) is 13.8. The predicted molar refractivity (Wildman–Crippen MR) is 245 cm³/mol. The van der Waals surface area contributed by atoms with Gasteiger partial charge in [-0.15, -0.1) is 0 Å². The molecule has 54 heavy (non-hydrogen) atoms. The lowest BCUT2D eigenvalue weighted by molar-refractivity contribution is 0.634. The molecule has 5 heterocycles. The third-order valence-corrected chi connectivity index (χ3v) is 13.0. The van der Waals surface area contributed by atoms with Crippen LogP contribution in [0.5, 0.6) is 0 Å². The van der Waals surface area contributed by atoms with E-state index >= 15 is 0 Å². The van der Waals surface area contributed by atoms with E-state index in [1.54, 1.807) is 0 Å². The number of allylic oxidation sites excluding steroid dienone is 12. The van der Waals surface area contributed by atoms with Crippen molar-refractivity contribution in [2.75, 3.05) is 0 Å². The van der Waals surface area contributed by atoms with Crippen LogP contribution in [0.15, 0.2) is 157 Å². The standard InChI is InChI=1S/C46H44Br4N4/c1-3-5-7-9-11-15-29-35-21-25-39(51-35)45(43-31(47)17-13-18-32(43)48)41-27-23-37(53-41)30(16-12-10-8-6-4-2)38-24-28-42(54-38)46(40-26-22-36(29)52-40)44-33(49)19-14-20-34(44)50/h13-14,17-28H,3-12,15-16H2,1-2H3. The predicted octanol–water partition coefficient (Wildman–Crippen LogP) is 15.1. The highest BCUT2D eigenvalue weighted by Gasteiger charge is 2.28. The van der Waals surface area contributed by atoms with Crippen LogP contribution in [0.1, 0.15) is 102 Å². The molecule has 2 aromatic rings. The lowest BCUT2D eigenvalue weighted by atomic mass is 9.98. The number of aliphatic imine (C=N–C) groups is 4. The van der Waals surface area contributed by atoms with E-state index in [1.165, 1.54) is 51.4 Å². The summed E-state index contributed by atoms with van der Waals surface area (Å²) in [5.74, 6) is 0. The summed E-state index contributed by atoms with van der Waals surface area (Å²) in [4.78, 5) is 21.7. The number of halogens is 4. The van der Waals surface area contributed by atoms with E-state index in [1.807, 2.05) is 12.1 Å². The molecule has 0 atom stereocenters. The molecule has 2 aromatic carbocycles. The third-order valence-electron chi connectivity index (χ3n) is 10.3. The topological polar surface area (TPSA) is 49.4 Å². The van der Waals surface area contributed by atoms with E-state index in [0.29, 0.717) is 0 Å². The van der Waals surface area contributed by atoms with Crippen molar-refractivity contribution in [2.45, 2.75) is 90.9 Å². The zero-order valence-electron chi connectivity index (χ0n) is 30.9. The van der Waals surface area contributed by atoms with Crippen LogP contribution in [0.4, 0.5) is 0 Å². The van der Waals surface area contributed by atoms with E-state index in [-0.39, 0.29) is 0 Å². The van der Waals surface area contributed by atoms with Gasteiger partial charge in [-0.1, -0.05) is 141 Å². The molecule has 0 fully saturated rings. The molecule has 0 aromatic heterocycles. The second-order valence-electron chi connectivity index (χ2n) is 14.1. The van der Waals surface area contributed by atoms with Crippen LogP contribution in [0, 0.1) is 0 Å². The Labute approximate surface area is 353 Å². The molecule has 0 saturated carbocycles. The number of unbranched alkanes of at least 4 members (excludes halogenated alkanes) is 8. The molecular formula is C46H44Br4N4. The SMILES string of the molecule is CCCCCCCC1=C2C=CC(=N2)C(c2c(Br)cccc2Br)=C2C=CC(=N2)C(CCCCCCC)=C2C=CC(=N2)C(c2c(Br)cccc2Br)=C2C=CC1=N2. The zero-order chi connectivity index (χ0) is 37.6. The fourth-order valence-electron chi connectivity index (χ4n) is 7.51. The monoisotopic (exact) mass is 968 g/mol.